The Bertz CT molecular complexity index is 1220. The van der Waals surface area contributed by atoms with Gasteiger partial charge in [-0.25, -0.2) is 8.42 Å². The summed E-state index contributed by atoms with van der Waals surface area (Å²) in [5, 5.41) is 10.1. The second-order valence-electron chi connectivity index (χ2n) is 15.7. The lowest BCUT2D eigenvalue weighted by Gasteiger charge is -2.62. The van der Waals surface area contributed by atoms with Crippen molar-refractivity contribution >= 4 is 9.84 Å². The lowest BCUT2D eigenvalue weighted by atomic mass is 9.43. The van der Waals surface area contributed by atoms with E-state index in [0.29, 0.717) is 29.6 Å². The molecule has 0 aromatic heterocycles. The van der Waals surface area contributed by atoms with E-state index in [1.54, 1.807) is 18.2 Å². The van der Waals surface area contributed by atoms with Crippen LogP contribution >= 0.6 is 0 Å². The number of benzene rings is 1. The quantitative estimate of drug-likeness (QED) is 0.335. The second-order valence-corrected chi connectivity index (χ2v) is 17.8. The molecule has 0 saturated heterocycles. The smallest absolute Gasteiger partial charge is 0.390 e. The molecule has 1 N–H and O–H groups in total. The van der Waals surface area contributed by atoms with Gasteiger partial charge in [0.25, 0.3) is 0 Å². The highest BCUT2D eigenvalue weighted by molar-refractivity contribution is 7.92. The summed E-state index contributed by atoms with van der Waals surface area (Å²) in [5.74, 6) is 0.548. The number of fused-ring (bicyclic) bond motifs is 5. The predicted molar refractivity (Wildman–Crippen MR) is 161 cm³/mol. The summed E-state index contributed by atoms with van der Waals surface area (Å²) in [4.78, 5) is 0.128. The van der Waals surface area contributed by atoms with E-state index in [2.05, 4.69) is 27.7 Å². The molecule has 7 heteroatoms. The molecule has 238 valence electrons. The van der Waals surface area contributed by atoms with Gasteiger partial charge < -0.3 is 5.11 Å². The Balaban J connectivity index is 1.45. The maximum atomic E-state index is 14.1. The molecule has 4 aliphatic carbocycles. The van der Waals surface area contributed by atoms with Gasteiger partial charge in [0.05, 0.1) is 21.7 Å². The molecule has 0 bridgehead atoms. The molecule has 4 aliphatic rings. The van der Waals surface area contributed by atoms with Crippen molar-refractivity contribution in [2.45, 2.75) is 128 Å². The zero-order valence-corrected chi connectivity index (χ0v) is 27.3. The third-order valence-electron chi connectivity index (χ3n) is 13.7. The fourth-order valence-corrected chi connectivity index (χ4v) is 13.4. The van der Waals surface area contributed by atoms with Crippen LogP contribution in [-0.4, -0.2) is 30.6 Å². The Morgan fingerprint density at radius 1 is 1.00 bits per heavy atom. The van der Waals surface area contributed by atoms with Crippen molar-refractivity contribution in [3.05, 3.63) is 30.3 Å². The number of hydrogen-bond acceptors (Lipinski definition) is 3. The van der Waals surface area contributed by atoms with E-state index >= 15 is 0 Å². The van der Waals surface area contributed by atoms with E-state index < -0.39 is 39.2 Å². The Labute approximate surface area is 252 Å². The normalized spacial score (nSPS) is 42.6. The molecule has 4 fully saturated rings. The number of aliphatic hydroxyl groups is 1. The zero-order valence-electron chi connectivity index (χ0n) is 26.5. The number of sulfone groups is 1. The molecule has 42 heavy (non-hydrogen) atoms. The van der Waals surface area contributed by atoms with Crippen LogP contribution in [0.1, 0.15) is 106 Å². The van der Waals surface area contributed by atoms with Crippen LogP contribution in [0.25, 0.3) is 0 Å². The van der Waals surface area contributed by atoms with Crippen LogP contribution in [0.5, 0.6) is 0 Å². The molecule has 1 aromatic rings. The van der Waals surface area contributed by atoms with Gasteiger partial charge in [0, 0.05) is 0 Å². The van der Waals surface area contributed by atoms with E-state index in [1.165, 1.54) is 12.1 Å². The molecule has 3 nitrogen and oxygen atoms in total. The van der Waals surface area contributed by atoms with Crippen LogP contribution in [0, 0.1) is 58.2 Å². The summed E-state index contributed by atoms with van der Waals surface area (Å²) >= 11 is 0. The van der Waals surface area contributed by atoms with Crippen molar-refractivity contribution in [2.75, 3.05) is 0 Å². The third-order valence-corrected chi connectivity index (χ3v) is 16.0. The van der Waals surface area contributed by atoms with E-state index in [0.717, 1.165) is 64.7 Å². The van der Waals surface area contributed by atoms with Crippen LogP contribution in [0.2, 0.25) is 0 Å². The Kier molecular flexibility index (Phi) is 8.52. The molecule has 0 spiro atoms. The number of hydrogen-bond donors (Lipinski definition) is 1. The minimum atomic E-state index is -4.43. The number of halogens is 3. The highest BCUT2D eigenvalue weighted by Gasteiger charge is 2.64. The highest BCUT2D eigenvalue weighted by atomic mass is 32.2. The van der Waals surface area contributed by atoms with Crippen molar-refractivity contribution in [1.82, 2.24) is 0 Å². The summed E-state index contributed by atoms with van der Waals surface area (Å²) in [6.07, 6.45) is 4.06. The molecule has 1 aromatic carbocycles. The first-order chi connectivity index (χ1) is 19.5. The van der Waals surface area contributed by atoms with Gasteiger partial charge in [0.15, 0.2) is 9.84 Å². The molecule has 0 heterocycles. The van der Waals surface area contributed by atoms with Gasteiger partial charge in [0.2, 0.25) is 0 Å². The van der Waals surface area contributed by atoms with Crippen LogP contribution in [-0.2, 0) is 9.84 Å². The van der Waals surface area contributed by atoms with Gasteiger partial charge in [-0.15, -0.1) is 0 Å². The van der Waals surface area contributed by atoms with Crippen LogP contribution < -0.4 is 0 Å². The molecule has 12 atom stereocenters. The summed E-state index contributed by atoms with van der Waals surface area (Å²) < 4.78 is 69.7. The van der Waals surface area contributed by atoms with Crippen molar-refractivity contribution in [3.8, 4) is 0 Å². The summed E-state index contributed by atoms with van der Waals surface area (Å²) in [5.41, 5.74) is -0.404. The van der Waals surface area contributed by atoms with Gasteiger partial charge in [-0.2, -0.15) is 13.2 Å². The Morgan fingerprint density at radius 2 is 1.67 bits per heavy atom. The summed E-state index contributed by atoms with van der Waals surface area (Å²) in [6.45, 7) is 12.3. The van der Waals surface area contributed by atoms with Crippen molar-refractivity contribution in [1.29, 1.82) is 0 Å². The first-order valence-corrected chi connectivity index (χ1v) is 18.1. The molecular formula is C35H53F3O3S. The molecule has 2 unspecified atom stereocenters. The summed E-state index contributed by atoms with van der Waals surface area (Å²) in [6, 6.07) is 8.11. The molecule has 4 saturated carbocycles. The van der Waals surface area contributed by atoms with E-state index in [-0.39, 0.29) is 27.6 Å². The maximum absolute atomic E-state index is 14.1. The standard InChI is InChI=1S/C35H53F3O3S/c1-7-34(39)18-17-32(5)25(21-34)13-14-27-28(32)15-16-33(6)29(19-22(2)31(27)33)24(4)30(20-23(3)35(36,37)38)42(40,41)26-11-9-8-10-12-26/h8-12,22-25,27-31,39H,7,13-21H2,1-6H3/t22-,23+,24-,25-,27+,28?,29+,30?,31-,32-,33+,34-/m0/s1. The Morgan fingerprint density at radius 3 is 2.29 bits per heavy atom. The number of rotatable bonds is 7. The van der Waals surface area contributed by atoms with Gasteiger partial charge in [-0.3, -0.25) is 0 Å². The van der Waals surface area contributed by atoms with Gasteiger partial charge in [-0.05, 0) is 129 Å². The average Bonchev–Trinajstić information content (AvgIpc) is 3.22. The maximum Gasteiger partial charge on any atom is 0.391 e. The fraction of sp³-hybridized carbons (Fsp3) is 0.829. The van der Waals surface area contributed by atoms with Crippen molar-refractivity contribution in [3.63, 3.8) is 0 Å². The SMILES string of the molecule is CC[C@]1(O)CC[C@]2(C)C3CC[C@@]4(C)[C@H]([C@@H]3CC[C@H]2C1)[C@@H](C)C[C@@H]4[C@H](C)C(C[C@@H](C)C(F)(F)F)S(=O)(=O)c1ccccc1. The Hall–Kier alpha value is -1.08. The monoisotopic (exact) mass is 610 g/mol. The largest absolute Gasteiger partial charge is 0.391 e. The van der Waals surface area contributed by atoms with Crippen LogP contribution in [0.3, 0.4) is 0 Å². The highest BCUT2D eigenvalue weighted by Crippen LogP contribution is 2.70. The third kappa shape index (κ3) is 5.28. The first kappa shape index (κ1) is 32.3. The molecule has 0 amide bonds. The van der Waals surface area contributed by atoms with Gasteiger partial charge >= 0.3 is 6.18 Å². The number of alkyl halides is 3. The topological polar surface area (TPSA) is 54.4 Å². The van der Waals surface area contributed by atoms with Crippen molar-refractivity contribution in [2.24, 2.45) is 58.2 Å². The molecular weight excluding hydrogens is 557 g/mol. The minimum absolute atomic E-state index is 0.0597. The van der Waals surface area contributed by atoms with Crippen LogP contribution in [0.4, 0.5) is 13.2 Å². The predicted octanol–water partition coefficient (Wildman–Crippen LogP) is 9.10. The lowest BCUT2D eigenvalue weighted by molar-refractivity contribution is -0.172. The van der Waals surface area contributed by atoms with Gasteiger partial charge in [-0.1, -0.05) is 59.7 Å². The first-order valence-electron chi connectivity index (χ1n) is 16.6. The van der Waals surface area contributed by atoms with Crippen LogP contribution in [0.15, 0.2) is 35.2 Å². The summed E-state index contributed by atoms with van der Waals surface area (Å²) in [7, 11) is -3.96. The van der Waals surface area contributed by atoms with E-state index in [1.807, 2.05) is 6.92 Å². The van der Waals surface area contributed by atoms with E-state index in [4.69, 9.17) is 0 Å². The minimum Gasteiger partial charge on any atom is -0.390 e. The fourth-order valence-electron chi connectivity index (χ4n) is 11.2. The second kappa shape index (κ2) is 11.1. The zero-order chi connectivity index (χ0) is 30.9. The molecule has 5 rings (SSSR count). The average molecular weight is 611 g/mol. The van der Waals surface area contributed by atoms with Gasteiger partial charge in [0.1, 0.15) is 0 Å². The molecule has 0 aliphatic heterocycles. The van der Waals surface area contributed by atoms with Crippen molar-refractivity contribution < 1.29 is 26.7 Å². The lowest BCUT2D eigenvalue weighted by Crippen LogP contribution is -2.56. The molecule has 0 radical (unpaired) electrons. The van der Waals surface area contributed by atoms with E-state index in [9.17, 15) is 26.7 Å².